The lowest BCUT2D eigenvalue weighted by atomic mass is 9.99. The van der Waals surface area contributed by atoms with E-state index in [1.807, 2.05) is 24.0 Å². The van der Waals surface area contributed by atoms with Gasteiger partial charge >= 0.3 is 0 Å². The number of nitrogens with one attached hydrogen (secondary N) is 1. The molecule has 3 nitrogen and oxygen atoms in total. The van der Waals surface area contributed by atoms with Crippen molar-refractivity contribution in [3.8, 4) is 0 Å². The summed E-state index contributed by atoms with van der Waals surface area (Å²) in [5, 5.41) is 5.16. The van der Waals surface area contributed by atoms with E-state index in [0.29, 0.717) is 5.25 Å². The molecule has 0 radical (unpaired) electrons. The van der Waals surface area contributed by atoms with Crippen LogP contribution < -0.4 is 5.32 Å². The minimum Gasteiger partial charge on any atom is -0.359 e. The Labute approximate surface area is 120 Å². The standard InChI is InChI=1S/C15H23N3S/c1-4-12(5-2)14-10-18-15(19-14)17-9-13-11(3)7-6-8-16-13/h6-8,12,14H,4-5,9-10H2,1-3H3,(H,17,18). The number of nitrogens with zero attached hydrogens (tertiary/aromatic N) is 2. The molecule has 0 aromatic carbocycles. The summed E-state index contributed by atoms with van der Waals surface area (Å²) in [4.78, 5) is 9.02. The molecule has 0 bridgehead atoms. The third-order valence-electron chi connectivity index (χ3n) is 3.78. The van der Waals surface area contributed by atoms with E-state index in [1.165, 1.54) is 18.4 Å². The molecule has 1 unspecified atom stereocenters. The molecule has 19 heavy (non-hydrogen) atoms. The molecule has 1 aliphatic heterocycles. The Hall–Kier alpha value is -1.03. The third kappa shape index (κ3) is 3.72. The Kier molecular flexibility index (Phi) is 5.25. The highest BCUT2D eigenvalue weighted by Gasteiger charge is 2.25. The van der Waals surface area contributed by atoms with Crippen molar-refractivity contribution in [1.29, 1.82) is 0 Å². The second-order valence-corrected chi connectivity index (χ2v) is 6.23. The van der Waals surface area contributed by atoms with Crippen LogP contribution in [-0.2, 0) is 6.54 Å². The zero-order valence-corrected chi connectivity index (χ0v) is 12.8. The fourth-order valence-corrected chi connectivity index (χ4v) is 3.73. The van der Waals surface area contributed by atoms with E-state index in [4.69, 9.17) is 0 Å². The highest BCUT2D eigenvalue weighted by atomic mass is 32.2. The molecule has 104 valence electrons. The van der Waals surface area contributed by atoms with E-state index >= 15 is 0 Å². The van der Waals surface area contributed by atoms with Crippen molar-refractivity contribution < 1.29 is 0 Å². The van der Waals surface area contributed by atoms with Crippen molar-refractivity contribution in [2.45, 2.75) is 45.4 Å². The Morgan fingerprint density at radius 2 is 2.21 bits per heavy atom. The lowest BCUT2D eigenvalue weighted by molar-refractivity contribution is 0.479. The molecule has 0 saturated carbocycles. The van der Waals surface area contributed by atoms with Gasteiger partial charge in [0.05, 0.1) is 18.8 Å². The first-order valence-electron chi connectivity index (χ1n) is 7.10. The van der Waals surface area contributed by atoms with Gasteiger partial charge in [0, 0.05) is 11.4 Å². The molecule has 0 aliphatic carbocycles. The molecule has 1 atom stereocenters. The van der Waals surface area contributed by atoms with Crippen LogP contribution in [0.25, 0.3) is 0 Å². The monoisotopic (exact) mass is 277 g/mol. The molecular weight excluding hydrogens is 254 g/mol. The maximum Gasteiger partial charge on any atom is 0.157 e. The van der Waals surface area contributed by atoms with E-state index < -0.39 is 0 Å². The van der Waals surface area contributed by atoms with Crippen LogP contribution in [0, 0.1) is 12.8 Å². The van der Waals surface area contributed by atoms with Crippen LogP contribution in [0.15, 0.2) is 23.3 Å². The van der Waals surface area contributed by atoms with Gasteiger partial charge in [-0.05, 0) is 24.5 Å². The number of amidine groups is 1. The zero-order chi connectivity index (χ0) is 13.7. The molecule has 0 fully saturated rings. The zero-order valence-electron chi connectivity index (χ0n) is 12.0. The molecular formula is C15H23N3S. The molecule has 1 aromatic heterocycles. The molecule has 1 aliphatic rings. The predicted molar refractivity (Wildman–Crippen MR) is 83.6 cm³/mol. The van der Waals surface area contributed by atoms with Crippen molar-refractivity contribution in [1.82, 2.24) is 10.3 Å². The van der Waals surface area contributed by atoms with Crippen molar-refractivity contribution >= 4 is 16.9 Å². The average Bonchev–Trinajstić information content (AvgIpc) is 2.88. The normalized spacial score (nSPS) is 18.7. The van der Waals surface area contributed by atoms with Gasteiger partial charge < -0.3 is 5.32 Å². The van der Waals surface area contributed by atoms with E-state index in [1.54, 1.807) is 0 Å². The Balaban J connectivity index is 1.84. The van der Waals surface area contributed by atoms with E-state index in [9.17, 15) is 0 Å². The van der Waals surface area contributed by atoms with Crippen LogP contribution in [0.5, 0.6) is 0 Å². The summed E-state index contributed by atoms with van der Waals surface area (Å²) < 4.78 is 0. The number of thioether (sulfide) groups is 1. The summed E-state index contributed by atoms with van der Waals surface area (Å²) >= 11 is 1.90. The average molecular weight is 277 g/mol. The van der Waals surface area contributed by atoms with E-state index in [-0.39, 0.29) is 0 Å². The molecule has 4 heteroatoms. The van der Waals surface area contributed by atoms with Crippen LogP contribution in [0.4, 0.5) is 0 Å². The first kappa shape index (κ1) is 14.4. The molecule has 0 saturated heterocycles. The fraction of sp³-hybridized carbons (Fsp3) is 0.600. The summed E-state index contributed by atoms with van der Waals surface area (Å²) in [7, 11) is 0. The van der Waals surface area contributed by atoms with Crippen molar-refractivity contribution in [3.63, 3.8) is 0 Å². The quantitative estimate of drug-likeness (QED) is 0.896. The van der Waals surface area contributed by atoms with Gasteiger partial charge in [-0.25, -0.2) is 0 Å². The van der Waals surface area contributed by atoms with Crippen LogP contribution in [0.3, 0.4) is 0 Å². The van der Waals surface area contributed by atoms with Crippen LogP contribution in [0.2, 0.25) is 0 Å². The molecule has 2 heterocycles. The van der Waals surface area contributed by atoms with Gasteiger partial charge in [0.25, 0.3) is 0 Å². The van der Waals surface area contributed by atoms with Crippen molar-refractivity contribution in [2.75, 3.05) is 6.54 Å². The first-order chi connectivity index (χ1) is 9.24. The Morgan fingerprint density at radius 3 is 2.89 bits per heavy atom. The molecule has 2 rings (SSSR count). The number of aromatic nitrogens is 1. The molecule has 1 aromatic rings. The number of rotatable bonds is 5. The van der Waals surface area contributed by atoms with Gasteiger partial charge in [-0.3, -0.25) is 9.98 Å². The summed E-state index contributed by atoms with van der Waals surface area (Å²) in [6, 6.07) is 4.07. The molecule has 0 spiro atoms. The minimum atomic E-state index is 0.655. The fourth-order valence-electron chi connectivity index (χ4n) is 2.41. The number of hydrogen-bond donors (Lipinski definition) is 1. The summed E-state index contributed by atoms with van der Waals surface area (Å²) in [5.74, 6) is 0.782. The molecule has 1 N–H and O–H groups in total. The first-order valence-corrected chi connectivity index (χ1v) is 7.98. The van der Waals surface area contributed by atoms with E-state index in [0.717, 1.165) is 29.9 Å². The predicted octanol–water partition coefficient (Wildman–Crippen LogP) is 3.39. The van der Waals surface area contributed by atoms with Crippen LogP contribution in [0.1, 0.15) is 37.9 Å². The second kappa shape index (κ2) is 6.94. The summed E-state index contributed by atoms with van der Waals surface area (Å²) in [5.41, 5.74) is 2.34. The number of aryl methyl sites for hydroxylation is 1. The summed E-state index contributed by atoms with van der Waals surface area (Å²) in [6.07, 6.45) is 4.34. The SMILES string of the molecule is CCC(CC)C1CN=C(NCc2ncccc2C)S1. The maximum absolute atomic E-state index is 4.62. The maximum atomic E-state index is 4.62. The lowest BCUT2D eigenvalue weighted by Gasteiger charge is -2.18. The lowest BCUT2D eigenvalue weighted by Crippen LogP contribution is -2.22. The Bertz CT molecular complexity index is 441. The van der Waals surface area contributed by atoms with Gasteiger partial charge in [0.15, 0.2) is 5.17 Å². The second-order valence-electron chi connectivity index (χ2n) is 5.00. The van der Waals surface area contributed by atoms with Crippen molar-refractivity contribution in [2.24, 2.45) is 10.9 Å². The van der Waals surface area contributed by atoms with Gasteiger partial charge in [0.2, 0.25) is 0 Å². The minimum absolute atomic E-state index is 0.655. The highest BCUT2D eigenvalue weighted by molar-refractivity contribution is 8.14. The van der Waals surface area contributed by atoms with E-state index in [2.05, 4.69) is 42.1 Å². The third-order valence-corrected chi connectivity index (χ3v) is 5.11. The van der Waals surface area contributed by atoms with Gasteiger partial charge in [-0.15, -0.1) is 0 Å². The van der Waals surface area contributed by atoms with Gasteiger partial charge in [-0.2, -0.15) is 0 Å². The molecule has 0 amide bonds. The Morgan fingerprint density at radius 1 is 1.42 bits per heavy atom. The number of hydrogen-bond acceptors (Lipinski definition) is 4. The smallest absolute Gasteiger partial charge is 0.157 e. The van der Waals surface area contributed by atoms with Crippen LogP contribution >= 0.6 is 11.8 Å². The van der Waals surface area contributed by atoms with Gasteiger partial charge in [0.1, 0.15) is 0 Å². The van der Waals surface area contributed by atoms with Crippen LogP contribution in [-0.4, -0.2) is 21.9 Å². The van der Waals surface area contributed by atoms with Gasteiger partial charge in [-0.1, -0.05) is 44.5 Å². The topological polar surface area (TPSA) is 37.3 Å². The van der Waals surface area contributed by atoms with Crippen molar-refractivity contribution in [3.05, 3.63) is 29.6 Å². The number of aliphatic imine (C=N–C) groups is 1. The highest BCUT2D eigenvalue weighted by Crippen LogP contribution is 2.30. The number of pyridine rings is 1. The largest absolute Gasteiger partial charge is 0.359 e. The summed E-state index contributed by atoms with van der Waals surface area (Å²) in [6.45, 7) is 8.38.